The average Bonchev–Trinajstić information content (AvgIpc) is 2.24. The van der Waals surface area contributed by atoms with Crippen LogP contribution in [0.1, 0.15) is 39.2 Å². The second-order valence-electron chi connectivity index (χ2n) is 5.05. The van der Waals surface area contributed by atoms with Crippen LogP contribution < -0.4 is 0 Å². The Morgan fingerprint density at radius 2 is 1.69 bits per heavy atom. The van der Waals surface area contributed by atoms with Gasteiger partial charge in [0.05, 0.1) is 0 Å². The number of hydrogen-bond donors (Lipinski definition) is 1. The summed E-state index contributed by atoms with van der Waals surface area (Å²) in [6.45, 7) is 7.01. The summed E-state index contributed by atoms with van der Waals surface area (Å²) in [6.07, 6.45) is 2.00. The van der Waals surface area contributed by atoms with Crippen LogP contribution in [0.3, 0.4) is 0 Å². The van der Waals surface area contributed by atoms with E-state index in [2.05, 4.69) is 45.0 Å². The molecule has 0 heterocycles. The molecule has 0 radical (unpaired) electrons. The molecule has 1 aromatic carbocycles. The molecular weight excluding hydrogens is 216 g/mol. The van der Waals surface area contributed by atoms with Crippen LogP contribution in [-0.4, -0.2) is 17.5 Å². The van der Waals surface area contributed by atoms with E-state index in [0.29, 0.717) is 6.61 Å². The van der Waals surface area contributed by atoms with Gasteiger partial charge in [-0.15, -0.1) is 11.8 Å². The molecule has 1 N–H and O–H groups in total. The zero-order valence-electron chi connectivity index (χ0n) is 10.5. The van der Waals surface area contributed by atoms with E-state index in [9.17, 15) is 0 Å². The Morgan fingerprint density at radius 3 is 2.19 bits per heavy atom. The first-order valence-corrected chi connectivity index (χ1v) is 6.87. The third-order valence-corrected chi connectivity index (χ3v) is 3.64. The summed E-state index contributed by atoms with van der Waals surface area (Å²) in [6, 6.07) is 8.83. The minimum absolute atomic E-state index is 0.236. The lowest BCUT2D eigenvalue weighted by molar-refractivity contribution is 0.287. The van der Waals surface area contributed by atoms with Crippen molar-refractivity contribution in [2.75, 3.05) is 12.4 Å². The Hall–Kier alpha value is -0.470. The van der Waals surface area contributed by atoms with Gasteiger partial charge in [-0.05, 0) is 41.7 Å². The fourth-order valence-corrected chi connectivity index (χ4v) is 2.37. The largest absolute Gasteiger partial charge is 0.396 e. The van der Waals surface area contributed by atoms with Crippen LogP contribution in [0.15, 0.2) is 29.2 Å². The molecule has 0 aliphatic carbocycles. The summed E-state index contributed by atoms with van der Waals surface area (Å²) in [5.41, 5.74) is 1.62. The quantitative estimate of drug-likeness (QED) is 0.621. The van der Waals surface area contributed by atoms with Crippen LogP contribution in [0.4, 0.5) is 0 Å². The highest BCUT2D eigenvalue weighted by atomic mass is 32.2. The zero-order chi connectivity index (χ0) is 12.0. The molecule has 0 atom stereocenters. The van der Waals surface area contributed by atoms with E-state index in [4.69, 9.17) is 5.11 Å². The van der Waals surface area contributed by atoms with Crippen molar-refractivity contribution in [3.8, 4) is 0 Å². The highest BCUT2D eigenvalue weighted by Gasteiger charge is 2.12. The molecule has 0 spiro atoms. The normalized spacial score (nSPS) is 11.8. The predicted molar refractivity (Wildman–Crippen MR) is 72.2 cm³/mol. The number of thioether (sulfide) groups is 1. The minimum Gasteiger partial charge on any atom is -0.396 e. The van der Waals surface area contributed by atoms with E-state index in [0.717, 1.165) is 18.6 Å². The molecule has 2 heteroatoms. The van der Waals surface area contributed by atoms with Crippen molar-refractivity contribution < 1.29 is 5.11 Å². The Bertz CT molecular complexity index is 298. The fourth-order valence-electron chi connectivity index (χ4n) is 1.46. The van der Waals surface area contributed by atoms with Crippen LogP contribution in [0.25, 0.3) is 0 Å². The lowest BCUT2D eigenvalue weighted by Crippen LogP contribution is -2.10. The van der Waals surface area contributed by atoms with Gasteiger partial charge in [-0.25, -0.2) is 0 Å². The molecule has 0 amide bonds. The van der Waals surface area contributed by atoms with E-state index in [1.54, 1.807) is 0 Å². The number of benzene rings is 1. The van der Waals surface area contributed by atoms with Gasteiger partial charge in [-0.3, -0.25) is 0 Å². The molecule has 90 valence electrons. The van der Waals surface area contributed by atoms with Gasteiger partial charge in [0, 0.05) is 11.5 Å². The maximum Gasteiger partial charge on any atom is 0.0431 e. The highest BCUT2D eigenvalue weighted by molar-refractivity contribution is 7.99. The summed E-state index contributed by atoms with van der Waals surface area (Å²) in [7, 11) is 0. The topological polar surface area (TPSA) is 20.2 Å². The van der Waals surface area contributed by atoms with Gasteiger partial charge in [0.25, 0.3) is 0 Å². The van der Waals surface area contributed by atoms with E-state index >= 15 is 0 Å². The summed E-state index contributed by atoms with van der Waals surface area (Å²) < 4.78 is 0. The molecule has 0 fully saturated rings. The van der Waals surface area contributed by atoms with Crippen LogP contribution in [-0.2, 0) is 5.41 Å². The van der Waals surface area contributed by atoms with Crippen molar-refractivity contribution in [3.05, 3.63) is 29.8 Å². The standard InChI is InChI=1S/C14H22OS/c1-14(2,3)12-6-8-13(9-7-12)16-11-5-4-10-15/h6-9,15H,4-5,10-11H2,1-3H3. The van der Waals surface area contributed by atoms with E-state index in [1.165, 1.54) is 10.5 Å². The van der Waals surface area contributed by atoms with Gasteiger partial charge < -0.3 is 5.11 Å². The lowest BCUT2D eigenvalue weighted by atomic mass is 9.87. The monoisotopic (exact) mass is 238 g/mol. The van der Waals surface area contributed by atoms with E-state index in [-0.39, 0.29) is 5.41 Å². The first kappa shape index (κ1) is 13.6. The van der Waals surface area contributed by atoms with Crippen molar-refractivity contribution in [2.24, 2.45) is 0 Å². The van der Waals surface area contributed by atoms with Crippen LogP contribution in [0.2, 0.25) is 0 Å². The number of unbranched alkanes of at least 4 members (excludes halogenated alkanes) is 1. The average molecular weight is 238 g/mol. The first-order chi connectivity index (χ1) is 7.54. The van der Waals surface area contributed by atoms with E-state index in [1.807, 2.05) is 11.8 Å². The lowest BCUT2D eigenvalue weighted by Gasteiger charge is -2.19. The van der Waals surface area contributed by atoms with E-state index < -0.39 is 0 Å². The van der Waals surface area contributed by atoms with Gasteiger partial charge >= 0.3 is 0 Å². The molecule has 0 aliphatic rings. The maximum atomic E-state index is 8.68. The number of hydrogen-bond acceptors (Lipinski definition) is 2. The third kappa shape index (κ3) is 4.58. The van der Waals surface area contributed by atoms with Crippen molar-refractivity contribution in [1.29, 1.82) is 0 Å². The summed E-state index contributed by atoms with van der Waals surface area (Å²) >= 11 is 1.87. The Labute approximate surface area is 103 Å². The summed E-state index contributed by atoms with van der Waals surface area (Å²) in [5, 5.41) is 8.68. The molecule has 0 aromatic heterocycles. The van der Waals surface area contributed by atoms with Crippen LogP contribution >= 0.6 is 11.8 Å². The van der Waals surface area contributed by atoms with Crippen molar-refractivity contribution in [2.45, 2.75) is 43.9 Å². The predicted octanol–water partition coefficient (Wildman–Crippen LogP) is 3.85. The molecule has 1 aromatic rings. The molecule has 0 saturated heterocycles. The molecule has 0 aliphatic heterocycles. The molecule has 0 bridgehead atoms. The molecule has 0 saturated carbocycles. The van der Waals surface area contributed by atoms with Gasteiger partial charge in [-0.2, -0.15) is 0 Å². The number of rotatable bonds is 5. The van der Waals surface area contributed by atoms with Crippen LogP contribution in [0, 0.1) is 0 Å². The van der Waals surface area contributed by atoms with Gasteiger partial charge in [0.2, 0.25) is 0 Å². The first-order valence-electron chi connectivity index (χ1n) is 5.88. The molecule has 1 nitrogen and oxygen atoms in total. The molecular formula is C14H22OS. The van der Waals surface area contributed by atoms with Gasteiger partial charge in [-0.1, -0.05) is 32.9 Å². The maximum absolute atomic E-state index is 8.68. The molecule has 1 rings (SSSR count). The highest BCUT2D eigenvalue weighted by Crippen LogP contribution is 2.25. The smallest absolute Gasteiger partial charge is 0.0431 e. The Balaban J connectivity index is 2.46. The Morgan fingerprint density at radius 1 is 1.06 bits per heavy atom. The van der Waals surface area contributed by atoms with Gasteiger partial charge in [0.1, 0.15) is 0 Å². The fraction of sp³-hybridized carbons (Fsp3) is 0.571. The van der Waals surface area contributed by atoms with Crippen molar-refractivity contribution in [1.82, 2.24) is 0 Å². The second kappa shape index (κ2) is 6.31. The molecule has 0 unspecified atom stereocenters. The van der Waals surface area contributed by atoms with Crippen molar-refractivity contribution >= 4 is 11.8 Å². The molecule has 16 heavy (non-hydrogen) atoms. The minimum atomic E-state index is 0.236. The SMILES string of the molecule is CC(C)(C)c1ccc(SCCCCO)cc1. The summed E-state index contributed by atoms with van der Waals surface area (Å²) in [5.74, 6) is 1.09. The van der Waals surface area contributed by atoms with Gasteiger partial charge in [0.15, 0.2) is 0 Å². The van der Waals surface area contributed by atoms with Crippen molar-refractivity contribution in [3.63, 3.8) is 0 Å². The third-order valence-electron chi connectivity index (χ3n) is 2.54. The van der Waals surface area contributed by atoms with Crippen LogP contribution in [0.5, 0.6) is 0 Å². The number of aliphatic hydroxyl groups excluding tert-OH is 1. The zero-order valence-corrected chi connectivity index (χ0v) is 11.3. The number of aliphatic hydroxyl groups is 1. The second-order valence-corrected chi connectivity index (χ2v) is 6.22. The summed E-state index contributed by atoms with van der Waals surface area (Å²) in [4.78, 5) is 1.32. The Kier molecular flexibility index (Phi) is 5.36.